The first-order chi connectivity index (χ1) is 16.3. The average Bonchev–Trinajstić information content (AvgIpc) is 2.80. The Morgan fingerprint density at radius 2 is 1.71 bits per heavy atom. The van der Waals surface area contributed by atoms with E-state index >= 15 is 0 Å². The van der Waals surface area contributed by atoms with E-state index in [1.807, 2.05) is 18.7 Å². The minimum Gasteiger partial charge on any atom is -0.354 e. The van der Waals surface area contributed by atoms with Gasteiger partial charge in [-0.25, -0.2) is 8.42 Å². The molecule has 0 aromatic heterocycles. The van der Waals surface area contributed by atoms with E-state index in [9.17, 15) is 13.2 Å². The molecule has 1 N–H and O–H groups in total. The van der Waals surface area contributed by atoms with Gasteiger partial charge in [0.1, 0.15) is 6.54 Å². The first-order valence-corrected chi connectivity index (χ1v) is 14.0. The molecule has 0 bridgehead atoms. The van der Waals surface area contributed by atoms with Crippen molar-refractivity contribution in [2.24, 2.45) is 0 Å². The van der Waals surface area contributed by atoms with Crippen molar-refractivity contribution in [1.29, 1.82) is 0 Å². The fourth-order valence-corrected chi connectivity index (χ4v) is 5.87. The molecule has 5 nitrogen and oxygen atoms in total. The number of hydrogen-bond acceptors (Lipinski definition) is 4. The topological polar surface area (TPSA) is 66.5 Å². The maximum absolute atomic E-state index is 13.4. The van der Waals surface area contributed by atoms with E-state index in [2.05, 4.69) is 36.5 Å². The van der Waals surface area contributed by atoms with Crippen molar-refractivity contribution in [2.75, 3.05) is 23.1 Å². The Balaban J connectivity index is 1.59. The molecule has 3 rings (SSSR count). The highest BCUT2D eigenvalue weighted by Gasteiger charge is 2.27. The zero-order chi connectivity index (χ0) is 24.6. The lowest BCUT2D eigenvalue weighted by Gasteiger charge is -2.24. The molecule has 8 heteroatoms. The molecule has 3 aromatic carbocycles. The first-order valence-electron chi connectivity index (χ1n) is 11.0. The Bertz CT molecular complexity index is 1210. The first kappa shape index (κ1) is 26.1. The van der Waals surface area contributed by atoms with Crippen LogP contribution in [0.4, 0.5) is 5.69 Å². The van der Waals surface area contributed by atoms with Crippen LogP contribution in [0.25, 0.3) is 0 Å². The summed E-state index contributed by atoms with van der Waals surface area (Å²) in [5, 5.41) is 3.24. The van der Waals surface area contributed by atoms with E-state index in [1.165, 1.54) is 11.1 Å². The Kier molecular flexibility index (Phi) is 9.45. The third-order valence-electron chi connectivity index (χ3n) is 5.13. The number of sulfonamides is 1. The van der Waals surface area contributed by atoms with Crippen molar-refractivity contribution in [3.63, 3.8) is 0 Å². The molecule has 34 heavy (non-hydrogen) atoms. The molecule has 0 saturated heterocycles. The minimum absolute atomic E-state index is 0.124. The second-order valence-electron chi connectivity index (χ2n) is 8.05. The van der Waals surface area contributed by atoms with Crippen molar-refractivity contribution in [1.82, 2.24) is 5.32 Å². The average molecular weight is 517 g/mol. The highest BCUT2D eigenvalue weighted by Crippen LogP contribution is 2.26. The normalized spacial score (nSPS) is 11.3. The number of aryl methyl sites for hydroxylation is 2. The summed E-state index contributed by atoms with van der Waals surface area (Å²) >= 11 is 7.91. The van der Waals surface area contributed by atoms with E-state index in [1.54, 1.807) is 48.5 Å². The van der Waals surface area contributed by atoms with Gasteiger partial charge < -0.3 is 5.32 Å². The number of thioether (sulfide) groups is 1. The van der Waals surface area contributed by atoms with E-state index in [4.69, 9.17) is 11.6 Å². The van der Waals surface area contributed by atoms with Crippen molar-refractivity contribution in [3.8, 4) is 0 Å². The summed E-state index contributed by atoms with van der Waals surface area (Å²) in [7, 11) is -3.95. The molecule has 3 aromatic rings. The molecule has 0 radical (unpaired) electrons. The summed E-state index contributed by atoms with van der Waals surface area (Å²) in [6, 6.07) is 21.5. The van der Waals surface area contributed by atoms with Crippen LogP contribution in [0.15, 0.2) is 77.7 Å². The van der Waals surface area contributed by atoms with Gasteiger partial charge in [-0.15, -0.1) is 0 Å². The number of anilines is 1. The molecule has 0 aliphatic heterocycles. The molecule has 180 valence electrons. The van der Waals surface area contributed by atoms with Crippen LogP contribution in [-0.2, 0) is 20.6 Å². The van der Waals surface area contributed by atoms with E-state index in [0.29, 0.717) is 17.3 Å². The maximum atomic E-state index is 13.4. The van der Waals surface area contributed by atoms with Crippen LogP contribution in [0, 0.1) is 13.8 Å². The lowest BCUT2D eigenvalue weighted by atomic mass is 10.2. The van der Waals surface area contributed by atoms with Crippen molar-refractivity contribution in [2.45, 2.75) is 30.9 Å². The van der Waals surface area contributed by atoms with Gasteiger partial charge in [-0.2, -0.15) is 11.8 Å². The van der Waals surface area contributed by atoms with Crippen LogP contribution >= 0.6 is 23.4 Å². The molecule has 0 fully saturated rings. The Hall–Kier alpha value is -2.48. The number of hydrogen-bond donors (Lipinski definition) is 1. The van der Waals surface area contributed by atoms with Gasteiger partial charge in [0.25, 0.3) is 10.0 Å². The van der Waals surface area contributed by atoms with Gasteiger partial charge >= 0.3 is 0 Å². The fraction of sp³-hybridized carbons (Fsp3) is 0.269. The van der Waals surface area contributed by atoms with Gasteiger partial charge in [0.2, 0.25) is 5.91 Å². The molecule has 0 heterocycles. The van der Waals surface area contributed by atoms with E-state index in [0.717, 1.165) is 27.8 Å². The van der Waals surface area contributed by atoms with Crippen molar-refractivity contribution in [3.05, 3.63) is 94.5 Å². The molecule has 0 spiro atoms. The zero-order valence-corrected chi connectivity index (χ0v) is 21.7. The summed E-state index contributed by atoms with van der Waals surface area (Å²) in [5.41, 5.74) is 3.82. The van der Waals surface area contributed by atoms with Crippen molar-refractivity contribution >= 4 is 45.0 Å². The van der Waals surface area contributed by atoms with Crippen LogP contribution in [0.2, 0.25) is 5.02 Å². The van der Waals surface area contributed by atoms with Crippen LogP contribution < -0.4 is 9.62 Å². The number of rotatable bonds is 11. The number of amides is 1. The molecular formula is C26H29ClN2O3S2. The summed E-state index contributed by atoms with van der Waals surface area (Å²) in [6.45, 7) is 4.12. The zero-order valence-electron chi connectivity index (χ0n) is 19.3. The second-order valence-corrected chi connectivity index (χ2v) is 11.5. The molecule has 0 aliphatic rings. The highest BCUT2D eigenvalue weighted by molar-refractivity contribution is 7.98. The third-order valence-corrected chi connectivity index (χ3v) is 8.27. The van der Waals surface area contributed by atoms with E-state index < -0.39 is 10.0 Å². The molecule has 1 amide bonds. The number of nitrogens with one attached hydrogen (secondary N) is 1. The minimum atomic E-state index is -3.95. The van der Waals surface area contributed by atoms with Crippen molar-refractivity contribution < 1.29 is 13.2 Å². The van der Waals surface area contributed by atoms with E-state index in [-0.39, 0.29) is 17.3 Å². The van der Waals surface area contributed by atoms with Gasteiger partial charge in [-0.05, 0) is 61.9 Å². The standard InChI is InChI=1S/C26H29ClN2O3S2/c1-20-10-12-25(13-11-20)34(31,32)29(24-9-4-8-23(27)17-24)18-26(30)28-14-5-15-33-19-22-7-3-6-21(2)16-22/h3-4,6-13,16-17H,5,14-15,18-19H2,1-2H3,(H,28,30). The molecular weight excluding hydrogens is 488 g/mol. The SMILES string of the molecule is Cc1ccc(S(=O)(=O)N(CC(=O)NCCCSCc2cccc(C)c2)c2cccc(Cl)c2)cc1. The third kappa shape index (κ3) is 7.52. The van der Waals surface area contributed by atoms with Gasteiger partial charge in [0.15, 0.2) is 0 Å². The predicted octanol–water partition coefficient (Wildman–Crippen LogP) is 5.59. The van der Waals surface area contributed by atoms with Crippen LogP contribution in [-0.4, -0.2) is 33.2 Å². The van der Waals surface area contributed by atoms with Gasteiger partial charge in [-0.3, -0.25) is 9.10 Å². The fourth-order valence-electron chi connectivity index (χ4n) is 3.36. The Morgan fingerprint density at radius 3 is 2.41 bits per heavy atom. The molecule has 0 atom stereocenters. The smallest absolute Gasteiger partial charge is 0.264 e. The summed E-state index contributed by atoms with van der Waals surface area (Å²) in [6.07, 6.45) is 0.796. The maximum Gasteiger partial charge on any atom is 0.264 e. The lowest BCUT2D eigenvalue weighted by molar-refractivity contribution is -0.119. The predicted molar refractivity (Wildman–Crippen MR) is 142 cm³/mol. The summed E-state index contributed by atoms with van der Waals surface area (Å²) in [5.74, 6) is 1.46. The summed E-state index contributed by atoms with van der Waals surface area (Å²) in [4.78, 5) is 12.8. The van der Waals surface area contributed by atoms with Gasteiger partial charge in [0, 0.05) is 17.3 Å². The Labute approximate surface area is 211 Å². The summed E-state index contributed by atoms with van der Waals surface area (Å²) < 4.78 is 27.8. The van der Waals surface area contributed by atoms with Crippen LogP contribution in [0.3, 0.4) is 0 Å². The Morgan fingerprint density at radius 1 is 0.971 bits per heavy atom. The van der Waals surface area contributed by atoms with Gasteiger partial charge in [0.05, 0.1) is 10.6 Å². The number of nitrogens with zero attached hydrogens (tertiary/aromatic N) is 1. The van der Waals surface area contributed by atoms with Gasteiger partial charge in [-0.1, -0.05) is 65.2 Å². The number of carbonyl (C=O) groups is 1. The second kappa shape index (κ2) is 12.3. The quantitative estimate of drug-likeness (QED) is 0.337. The monoisotopic (exact) mass is 516 g/mol. The highest BCUT2D eigenvalue weighted by atomic mass is 35.5. The molecule has 0 unspecified atom stereocenters. The molecule has 0 aliphatic carbocycles. The largest absolute Gasteiger partial charge is 0.354 e. The molecule has 0 saturated carbocycles. The lowest BCUT2D eigenvalue weighted by Crippen LogP contribution is -2.41. The number of benzene rings is 3. The van der Waals surface area contributed by atoms with Crippen LogP contribution in [0.5, 0.6) is 0 Å². The number of halogens is 1. The number of carbonyl (C=O) groups excluding carboxylic acids is 1. The van der Waals surface area contributed by atoms with Crippen LogP contribution in [0.1, 0.15) is 23.1 Å².